The van der Waals surface area contributed by atoms with Gasteiger partial charge in [0.1, 0.15) is 6.61 Å². The molecule has 2 heteroatoms. The molecule has 0 aliphatic rings. The molecule has 3 aromatic carbocycles. The first kappa shape index (κ1) is 14.3. The fourth-order valence-corrected chi connectivity index (χ4v) is 2.66. The minimum atomic E-state index is -0.288. The van der Waals surface area contributed by atoms with Gasteiger partial charge in [-0.3, -0.25) is 0 Å². The van der Waals surface area contributed by atoms with Crippen LogP contribution in [0, 0.1) is 0 Å². The van der Waals surface area contributed by atoms with Gasteiger partial charge < -0.3 is 4.74 Å². The van der Waals surface area contributed by atoms with Gasteiger partial charge in [0, 0.05) is 0 Å². The minimum absolute atomic E-state index is 0.288. The number of carbonyl (C=O) groups is 1. The van der Waals surface area contributed by atoms with E-state index in [9.17, 15) is 4.79 Å². The largest absolute Gasteiger partial charge is 0.457 e. The Morgan fingerprint density at radius 3 is 2.09 bits per heavy atom. The zero-order valence-corrected chi connectivity index (χ0v) is 12.6. The summed E-state index contributed by atoms with van der Waals surface area (Å²) < 4.78 is 5.46. The lowest BCUT2D eigenvalue weighted by molar-refractivity contribution is 0.0474. The summed E-state index contributed by atoms with van der Waals surface area (Å²) in [6.07, 6.45) is 0.991. The molecule has 0 fully saturated rings. The Hall–Kier alpha value is -2.61. The zero-order chi connectivity index (χ0) is 15.4. The maximum Gasteiger partial charge on any atom is 0.338 e. The molecule has 0 amide bonds. The first-order valence-corrected chi connectivity index (χ1v) is 7.51. The number of hydrogen-bond donors (Lipinski definition) is 0. The Bertz CT molecular complexity index is 791. The first-order chi connectivity index (χ1) is 10.8. The Labute approximate surface area is 130 Å². The van der Waals surface area contributed by atoms with Crippen molar-refractivity contribution in [3.8, 4) is 0 Å². The average Bonchev–Trinajstić information content (AvgIpc) is 2.60. The van der Waals surface area contributed by atoms with Gasteiger partial charge in [0.05, 0.1) is 5.56 Å². The topological polar surface area (TPSA) is 26.3 Å². The van der Waals surface area contributed by atoms with Crippen molar-refractivity contribution in [1.29, 1.82) is 0 Å². The third-order valence-electron chi connectivity index (χ3n) is 3.85. The number of carbonyl (C=O) groups excluding carboxylic acids is 1. The summed E-state index contributed by atoms with van der Waals surface area (Å²) in [7, 11) is 0. The second-order valence-electron chi connectivity index (χ2n) is 5.23. The zero-order valence-electron chi connectivity index (χ0n) is 12.6. The highest BCUT2D eigenvalue weighted by Gasteiger charge is 2.09. The minimum Gasteiger partial charge on any atom is -0.457 e. The fourth-order valence-electron chi connectivity index (χ4n) is 2.66. The number of ether oxygens (including phenoxy) is 1. The number of aryl methyl sites for hydroxylation is 1. The van der Waals surface area contributed by atoms with Crippen LogP contribution in [-0.2, 0) is 17.8 Å². The molecule has 0 spiro atoms. The van der Waals surface area contributed by atoms with E-state index in [0.717, 1.165) is 17.4 Å². The first-order valence-electron chi connectivity index (χ1n) is 7.51. The Kier molecular flexibility index (Phi) is 4.19. The van der Waals surface area contributed by atoms with Crippen LogP contribution in [0.5, 0.6) is 0 Å². The Morgan fingerprint density at radius 2 is 1.41 bits per heavy atom. The summed E-state index contributed by atoms with van der Waals surface area (Å²) in [6.45, 7) is 2.44. The van der Waals surface area contributed by atoms with Crippen LogP contribution in [0.1, 0.15) is 28.4 Å². The van der Waals surface area contributed by atoms with E-state index in [1.54, 1.807) is 12.1 Å². The molecular weight excluding hydrogens is 272 g/mol. The maximum atomic E-state index is 12.1. The summed E-state index contributed by atoms with van der Waals surface area (Å²) in [4.78, 5) is 12.1. The number of benzene rings is 3. The molecule has 0 bridgehead atoms. The van der Waals surface area contributed by atoms with Gasteiger partial charge >= 0.3 is 5.97 Å². The SMILES string of the molecule is CCc1ccc(COC(=O)c2ccccc2)c2ccccc12. The molecule has 0 aromatic heterocycles. The van der Waals surface area contributed by atoms with E-state index in [4.69, 9.17) is 4.74 Å². The van der Waals surface area contributed by atoms with E-state index in [2.05, 4.69) is 31.2 Å². The van der Waals surface area contributed by atoms with Crippen molar-refractivity contribution in [2.24, 2.45) is 0 Å². The van der Waals surface area contributed by atoms with Crippen molar-refractivity contribution in [2.75, 3.05) is 0 Å². The summed E-state index contributed by atoms with van der Waals surface area (Å²) in [5.74, 6) is -0.288. The number of fused-ring (bicyclic) bond motifs is 1. The van der Waals surface area contributed by atoms with Gasteiger partial charge in [0.2, 0.25) is 0 Å². The van der Waals surface area contributed by atoms with Crippen molar-refractivity contribution >= 4 is 16.7 Å². The van der Waals surface area contributed by atoms with Gasteiger partial charge in [-0.25, -0.2) is 4.79 Å². The van der Waals surface area contributed by atoms with Crippen LogP contribution in [0.4, 0.5) is 0 Å². The van der Waals surface area contributed by atoms with Crippen LogP contribution in [0.25, 0.3) is 10.8 Å². The van der Waals surface area contributed by atoms with Crippen LogP contribution in [0.3, 0.4) is 0 Å². The van der Waals surface area contributed by atoms with E-state index in [1.807, 2.05) is 30.3 Å². The molecule has 0 heterocycles. The van der Waals surface area contributed by atoms with Crippen molar-refractivity contribution < 1.29 is 9.53 Å². The van der Waals surface area contributed by atoms with Gasteiger partial charge in [0.25, 0.3) is 0 Å². The van der Waals surface area contributed by atoms with E-state index >= 15 is 0 Å². The van der Waals surface area contributed by atoms with Crippen molar-refractivity contribution in [2.45, 2.75) is 20.0 Å². The molecule has 110 valence electrons. The third-order valence-corrected chi connectivity index (χ3v) is 3.85. The molecule has 0 saturated carbocycles. The average molecular weight is 290 g/mol. The molecule has 0 N–H and O–H groups in total. The summed E-state index contributed by atoms with van der Waals surface area (Å²) >= 11 is 0. The molecule has 0 saturated heterocycles. The highest BCUT2D eigenvalue weighted by atomic mass is 16.5. The van der Waals surface area contributed by atoms with Gasteiger partial charge in [-0.1, -0.05) is 61.5 Å². The lowest BCUT2D eigenvalue weighted by Gasteiger charge is -2.11. The molecule has 0 aliphatic carbocycles. The van der Waals surface area contributed by atoms with Crippen LogP contribution in [0.15, 0.2) is 66.7 Å². The van der Waals surface area contributed by atoms with E-state index in [-0.39, 0.29) is 12.6 Å². The van der Waals surface area contributed by atoms with Crippen LogP contribution in [0.2, 0.25) is 0 Å². The summed E-state index contributed by atoms with van der Waals surface area (Å²) in [5, 5.41) is 2.39. The molecule has 2 nitrogen and oxygen atoms in total. The van der Waals surface area contributed by atoms with E-state index in [1.165, 1.54) is 10.9 Å². The number of esters is 1. The predicted molar refractivity (Wildman–Crippen MR) is 88.9 cm³/mol. The monoisotopic (exact) mass is 290 g/mol. The lowest BCUT2D eigenvalue weighted by atomic mass is 9.98. The molecule has 0 atom stereocenters. The number of rotatable bonds is 4. The fraction of sp³-hybridized carbons (Fsp3) is 0.150. The smallest absolute Gasteiger partial charge is 0.338 e. The predicted octanol–water partition coefficient (Wildman–Crippen LogP) is 4.76. The van der Waals surface area contributed by atoms with Gasteiger partial charge in [-0.2, -0.15) is 0 Å². The highest BCUT2D eigenvalue weighted by Crippen LogP contribution is 2.24. The standard InChI is InChI=1S/C20H18O2/c1-2-15-12-13-17(19-11-7-6-10-18(15)19)14-22-20(21)16-8-4-3-5-9-16/h3-13H,2,14H2,1H3. The van der Waals surface area contributed by atoms with Gasteiger partial charge in [-0.05, 0) is 40.5 Å². The van der Waals surface area contributed by atoms with Crippen LogP contribution >= 0.6 is 0 Å². The lowest BCUT2D eigenvalue weighted by Crippen LogP contribution is -2.05. The van der Waals surface area contributed by atoms with Crippen LogP contribution < -0.4 is 0 Å². The molecule has 3 rings (SSSR count). The third kappa shape index (κ3) is 2.86. The van der Waals surface area contributed by atoms with Crippen molar-refractivity contribution in [1.82, 2.24) is 0 Å². The second-order valence-corrected chi connectivity index (χ2v) is 5.23. The molecule has 0 radical (unpaired) electrons. The van der Waals surface area contributed by atoms with Crippen molar-refractivity contribution in [3.05, 3.63) is 83.4 Å². The second kappa shape index (κ2) is 6.44. The molecule has 3 aromatic rings. The van der Waals surface area contributed by atoms with E-state index < -0.39 is 0 Å². The maximum absolute atomic E-state index is 12.1. The van der Waals surface area contributed by atoms with Gasteiger partial charge in [-0.15, -0.1) is 0 Å². The quantitative estimate of drug-likeness (QED) is 0.648. The Balaban J connectivity index is 1.84. The molecule has 0 aliphatic heterocycles. The highest BCUT2D eigenvalue weighted by molar-refractivity contribution is 5.91. The molecule has 22 heavy (non-hydrogen) atoms. The molecule has 0 unspecified atom stereocenters. The molecular formula is C20H18O2. The summed E-state index contributed by atoms with van der Waals surface area (Å²) in [5.41, 5.74) is 2.93. The van der Waals surface area contributed by atoms with Gasteiger partial charge in [0.15, 0.2) is 0 Å². The normalized spacial score (nSPS) is 10.6. The van der Waals surface area contributed by atoms with Crippen LogP contribution in [-0.4, -0.2) is 5.97 Å². The summed E-state index contributed by atoms with van der Waals surface area (Å²) in [6, 6.07) is 21.5. The van der Waals surface area contributed by atoms with Crippen molar-refractivity contribution in [3.63, 3.8) is 0 Å². The number of hydrogen-bond acceptors (Lipinski definition) is 2. The Morgan fingerprint density at radius 1 is 0.818 bits per heavy atom. The van der Waals surface area contributed by atoms with E-state index in [0.29, 0.717) is 5.56 Å².